The van der Waals surface area contributed by atoms with Crippen molar-refractivity contribution in [1.29, 1.82) is 0 Å². The predicted octanol–water partition coefficient (Wildman–Crippen LogP) is 4.69. The maximum Gasteiger partial charge on any atom is 0.152 e. The number of carbonyl (C=O) groups is 1. The van der Waals surface area contributed by atoms with Gasteiger partial charge >= 0.3 is 0 Å². The van der Waals surface area contributed by atoms with Crippen molar-refractivity contribution in [3.63, 3.8) is 0 Å². The summed E-state index contributed by atoms with van der Waals surface area (Å²) in [7, 11) is 0. The lowest BCUT2D eigenvalue weighted by Crippen LogP contribution is -2.48. The maximum atomic E-state index is 13.5. The summed E-state index contributed by atoms with van der Waals surface area (Å²) in [6.07, 6.45) is 0.890. The van der Waals surface area contributed by atoms with E-state index in [1.807, 2.05) is 24.3 Å². The Morgan fingerprint density at radius 3 is 1.76 bits per heavy atom. The summed E-state index contributed by atoms with van der Waals surface area (Å²) >= 11 is 0. The molecule has 1 saturated heterocycles. The van der Waals surface area contributed by atoms with Gasteiger partial charge in [-0.05, 0) is 47.5 Å². The third-order valence-corrected chi connectivity index (χ3v) is 5.46. The number of aldehydes is 1. The zero-order valence-corrected chi connectivity index (χ0v) is 16.0. The monoisotopic (exact) mass is 392 g/mol. The number of carbonyl (C=O) groups excluding carboxylic acids is 1. The summed E-state index contributed by atoms with van der Waals surface area (Å²) in [5.41, 5.74) is 3.58. The Labute approximate surface area is 169 Å². The second-order valence-electron chi connectivity index (χ2n) is 7.21. The molecule has 0 saturated carbocycles. The van der Waals surface area contributed by atoms with Crippen molar-refractivity contribution in [3.8, 4) is 0 Å². The molecule has 0 atom stereocenters. The standard InChI is InChI=1S/C24H22F2N2O/c25-21-9-5-18(6-10-21)24(19-7-11-22(26)12-8-19)28-15-13-27(14-16-28)23-4-2-1-3-20(23)17-29/h1-12,17,24H,13-16H2. The third-order valence-electron chi connectivity index (χ3n) is 5.46. The van der Waals surface area contributed by atoms with E-state index in [-0.39, 0.29) is 17.7 Å². The van der Waals surface area contributed by atoms with Crippen LogP contribution in [-0.4, -0.2) is 37.4 Å². The van der Waals surface area contributed by atoms with Gasteiger partial charge in [0.2, 0.25) is 0 Å². The van der Waals surface area contributed by atoms with Gasteiger partial charge in [0, 0.05) is 37.4 Å². The van der Waals surface area contributed by atoms with E-state index < -0.39 is 0 Å². The number of rotatable bonds is 5. The second-order valence-corrected chi connectivity index (χ2v) is 7.21. The molecule has 1 aliphatic heterocycles. The molecular weight excluding hydrogens is 370 g/mol. The van der Waals surface area contributed by atoms with Crippen LogP contribution in [0.25, 0.3) is 0 Å². The van der Waals surface area contributed by atoms with Crippen LogP contribution in [-0.2, 0) is 0 Å². The first-order valence-corrected chi connectivity index (χ1v) is 9.70. The minimum absolute atomic E-state index is 0.0836. The predicted molar refractivity (Wildman–Crippen MR) is 110 cm³/mol. The summed E-state index contributed by atoms with van der Waals surface area (Å²) in [6, 6.07) is 20.5. The van der Waals surface area contributed by atoms with Crippen LogP contribution in [0.15, 0.2) is 72.8 Å². The number of anilines is 1. The lowest BCUT2D eigenvalue weighted by atomic mass is 9.96. The largest absolute Gasteiger partial charge is 0.368 e. The molecule has 0 amide bonds. The van der Waals surface area contributed by atoms with Gasteiger partial charge < -0.3 is 4.90 Å². The van der Waals surface area contributed by atoms with E-state index in [2.05, 4.69) is 9.80 Å². The molecule has 0 radical (unpaired) electrons. The van der Waals surface area contributed by atoms with Crippen LogP contribution >= 0.6 is 0 Å². The average molecular weight is 392 g/mol. The number of piperazine rings is 1. The molecule has 148 valence electrons. The van der Waals surface area contributed by atoms with Crippen LogP contribution in [0.5, 0.6) is 0 Å². The average Bonchev–Trinajstić information content (AvgIpc) is 2.77. The smallest absolute Gasteiger partial charge is 0.152 e. The highest BCUT2D eigenvalue weighted by Gasteiger charge is 2.27. The van der Waals surface area contributed by atoms with Gasteiger partial charge in [-0.25, -0.2) is 8.78 Å². The van der Waals surface area contributed by atoms with E-state index in [0.717, 1.165) is 49.3 Å². The molecule has 4 rings (SSSR count). The molecule has 0 aliphatic carbocycles. The van der Waals surface area contributed by atoms with E-state index >= 15 is 0 Å². The number of benzene rings is 3. The van der Waals surface area contributed by atoms with Crippen LogP contribution in [0.3, 0.4) is 0 Å². The topological polar surface area (TPSA) is 23.6 Å². The van der Waals surface area contributed by atoms with Crippen molar-refractivity contribution >= 4 is 12.0 Å². The normalized spacial score (nSPS) is 14.9. The molecule has 0 N–H and O–H groups in total. The van der Waals surface area contributed by atoms with Gasteiger partial charge in [-0.1, -0.05) is 36.4 Å². The zero-order valence-electron chi connectivity index (χ0n) is 16.0. The Hall–Kier alpha value is -3.05. The Balaban J connectivity index is 1.58. The SMILES string of the molecule is O=Cc1ccccc1N1CCN(C(c2ccc(F)cc2)c2ccc(F)cc2)CC1. The van der Waals surface area contributed by atoms with Crippen LogP contribution in [0.2, 0.25) is 0 Å². The molecule has 1 aliphatic rings. The fourth-order valence-electron chi connectivity index (χ4n) is 4.00. The van der Waals surface area contributed by atoms with Gasteiger partial charge in [-0.15, -0.1) is 0 Å². The van der Waals surface area contributed by atoms with Crippen molar-refractivity contribution in [2.24, 2.45) is 0 Å². The molecule has 1 heterocycles. The van der Waals surface area contributed by atoms with Crippen molar-refractivity contribution in [2.45, 2.75) is 6.04 Å². The fraction of sp³-hybridized carbons (Fsp3) is 0.208. The number of para-hydroxylation sites is 1. The first-order chi connectivity index (χ1) is 14.2. The third kappa shape index (κ3) is 4.20. The molecular formula is C24H22F2N2O. The lowest BCUT2D eigenvalue weighted by Gasteiger charge is -2.41. The van der Waals surface area contributed by atoms with Crippen LogP contribution in [0, 0.1) is 11.6 Å². The summed E-state index contributed by atoms with van der Waals surface area (Å²) < 4.78 is 26.9. The van der Waals surface area contributed by atoms with Crippen molar-refractivity contribution in [3.05, 3.63) is 101 Å². The molecule has 5 heteroatoms. The van der Waals surface area contributed by atoms with Gasteiger partial charge in [0.15, 0.2) is 6.29 Å². The maximum absolute atomic E-state index is 13.5. The van der Waals surface area contributed by atoms with E-state index in [9.17, 15) is 13.6 Å². The van der Waals surface area contributed by atoms with Gasteiger partial charge in [0.25, 0.3) is 0 Å². The molecule has 1 fully saturated rings. The van der Waals surface area contributed by atoms with E-state index in [4.69, 9.17) is 0 Å². The highest BCUT2D eigenvalue weighted by Crippen LogP contribution is 2.31. The highest BCUT2D eigenvalue weighted by molar-refractivity contribution is 5.84. The van der Waals surface area contributed by atoms with Crippen LogP contribution in [0.1, 0.15) is 27.5 Å². The fourth-order valence-corrected chi connectivity index (χ4v) is 4.00. The van der Waals surface area contributed by atoms with Crippen molar-refractivity contribution < 1.29 is 13.6 Å². The summed E-state index contributed by atoms with van der Waals surface area (Å²) in [5, 5.41) is 0. The van der Waals surface area contributed by atoms with Gasteiger partial charge in [-0.3, -0.25) is 9.69 Å². The minimum atomic E-state index is -0.276. The Morgan fingerprint density at radius 1 is 0.724 bits per heavy atom. The molecule has 0 spiro atoms. The molecule has 0 aromatic heterocycles. The Kier molecular flexibility index (Phi) is 5.67. The molecule has 0 bridgehead atoms. The Bertz CT molecular complexity index is 919. The lowest BCUT2D eigenvalue weighted by molar-refractivity contribution is 0.112. The number of nitrogens with zero attached hydrogens (tertiary/aromatic N) is 2. The molecule has 3 nitrogen and oxygen atoms in total. The minimum Gasteiger partial charge on any atom is -0.368 e. The van der Waals surface area contributed by atoms with Gasteiger partial charge in [-0.2, -0.15) is 0 Å². The summed E-state index contributed by atoms with van der Waals surface area (Å²) in [6.45, 7) is 3.08. The van der Waals surface area contributed by atoms with Crippen LogP contribution in [0.4, 0.5) is 14.5 Å². The number of hydrogen-bond acceptors (Lipinski definition) is 3. The quantitative estimate of drug-likeness (QED) is 0.589. The first-order valence-electron chi connectivity index (χ1n) is 9.70. The molecule has 3 aromatic carbocycles. The number of hydrogen-bond donors (Lipinski definition) is 0. The van der Waals surface area contributed by atoms with E-state index in [1.165, 1.54) is 24.3 Å². The van der Waals surface area contributed by atoms with Gasteiger partial charge in [0.1, 0.15) is 11.6 Å². The first kappa shape index (κ1) is 19.3. The molecule has 0 unspecified atom stereocenters. The summed E-state index contributed by atoms with van der Waals surface area (Å²) in [5.74, 6) is -0.552. The van der Waals surface area contributed by atoms with E-state index in [0.29, 0.717) is 5.56 Å². The van der Waals surface area contributed by atoms with Crippen molar-refractivity contribution in [1.82, 2.24) is 4.90 Å². The summed E-state index contributed by atoms with van der Waals surface area (Å²) in [4.78, 5) is 15.9. The van der Waals surface area contributed by atoms with Crippen molar-refractivity contribution in [2.75, 3.05) is 31.1 Å². The van der Waals surface area contributed by atoms with Gasteiger partial charge in [0.05, 0.1) is 6.04 Å². The molecule has 29 heavy (non-hydrogen) atoms. The van der Waals surface area contributed by atoms with E-state index in [1.54, 1.807) is 24.3 Å². The molecule has 3 aromatic rings. The number of halogens is 2. The Morgan fingerprint density at radius 2 is 1.24 bits per heavy atom. The second kappa shape index (κ2) is 8.53. The zero-order chi connectivity index (χ0) is 20.2. The van der Waals surface area contributed by atoms with Crippen LogP contribution < -0.4 is 4.90 Å². The highest BCUT2D eigenvalue weighted by atomic mass is 19.1.